The van der Waals surface area contributed by atoms with Crippen molar-refractivity contribution in [2.24, 2.45) is 0 Å². The highest BCUT2D eigenvalue weighted by atomic mass is 32.2. The monoisotopic (exact) mass is 559 g/mol. The maximum atomic E-state index is 2.79. The van der Waals surface area contributed by atoms with E-state index in [-0.39, 0.29) is 0 Å². The molecule has 2 rings (SSSR count). The molecule has 1 heteroatoms. The molecule has 0 aliphatic heterocycles. The molecular formula is C38H70S. The molecule has 2 unspecified atom stereocenters. The van der Waals surface area contributed by atoms with Crippen molar-refractivity contribution in [1.29, 1.82) is 0 Å². The summed E-state index contributed by atoms with van der Waals surface area (Å²) in [6, 6.07) is 0. The van der Waals surface area contributed by atoms with Gasteiger partial charge in [-0.05, 0) is 64.2 Å². The van der Waals surface area contributed by atoms with E-state index >= 15 is 0 Å². The Labute approximate surface area is 251 Å². The first-order valence-corrected chi connectivity index (χ1v) is 19.3. The summed E-state index contributed by atoms with van der Waals surface area (Å²) in [4.78, 5) is 0. The third kappa shape index (κ3) is 19.6. The topological polar surface area (TPSA) is 0 Å². The van der Waals surface area contributed by atoms with Crippen LogP contribution in [0, 0.1) is 0 Å². The summed E-state index contributed by atoms with van der Waals surface area (Å²) >= 11 is 2.38. The normalized spacial score (nSPS) is 17.8. The van der Waals surface area contributed by atoms with Crippen LogP contribution >= 0.6 is 11.8 Å². The van der Waals surface area contributed by atoms with Gasteiger partial charge in [-0.2, -0.15) is 0 Å². The molecule has 2 saturated carbocycles. The Kier molecular flexibility index (Phi) is 22.9. The fourth-order valence-corrected chi connectivity index (χ4v) is 8.39. The Morgan fingerprint density at radius 3 is 1.08 bits per heavy atom. The number of hydrogen-bond acceptors (Lipinski definition) is 1. The zero-order valence-corrected chi connectivity index (χ0v) is 27.7. The highest BCUT2D eigenvalue weighted by Gasteiger charge is 2.17. The van der Waals surface area contributed by atoms with E-state index in [0.717, 1.165) is 10.5 Å². The first-order valence-electron chi connectivity index (χ1n) is 18.4. The van der Waals surface area contributed by atoms with Crippen LogP contribution in [0.4, 0.5) is 0 Å². The maximum Gasteiger partial charge on any atom is 0.0235 e. The van der Waals surface area contributed by atoms with Gasteiger partial charge in [0.25, 0.3) is 0 Å². The van der Waals surface area contributed by atoms with Crippen molar-refractivity contribution >= 4 is 11.8 Å². The Hall–Kier alpha value is -0.170. The Morgan fingerprint density at radius 2 is 0.744 bits per heavy atom. The third-order valence-corrected chi connectivity index (χ3v) is 10.8. The van der Waals surface area contributed by atoms with Crippen LogP contribution < -0.4 is 0 Å². The van der Waals surface area contributed by atoms with E-state index in [1.165, 1.54) is 193 Å². The number of unbranched alkanes of at least 4 members (excludes halogenated alkanes) is 16. The number of allylic oxidation sites excluding steroid dienone is 2. The van der Waals surface area contributed by atoms with E-state index in [4.69, 9.17) is 0 Å². The molecule has 228 valence electrons. The van der Waals surface area contributed by atoms with Crippen molar-refractivity contribution in [3.05, 3.63) is 23.3 Å². The van der Waals surface area contributed by atoms with Gasteiger partial charge in [0.05, 0.1) is 0 Å². The summed E-state index contributed by atoms with van der Waals surface area (Å²) in [5, 5.41) is 1.51. The smallest absolute Gasteiger partial charge is 0.0235 e. The lowest BCUT2D eigenvalue weighted by atomic mass is 9.93. The molecule has 2 fully saturated rings. The molecular weight excluding hydrogens is 488 g/mol. The van der Waals surface area contributed by atoms with Crippen molar-refractivity contribution in [3.8, 4) is 0 Å². The van der Waals surface area contributed by atoms with Crippen LogP contribution in [-0.2, 0) is 0 Å². The molecule has 0 radical (unpaired) electrons. The molecule has 0 aromatic rings. The molecule has 2 aliphatic rings. The van der Waals surface area contributed by atoms with Crippen molar-refractivity contribution in [2.75, 3.05) is 0 Å². The van der Waals surface area contributed by atoms with E-state index in [0.29, 0.717) is 0 Å². The number of thioether (sulfide) groups is 1. The van der Waals surface area contributed by atoms with Crippen molar-refractivity contribution < 1.29 is 0 Å². The van der Waals surface area contributed by atoms with Gasteiger partial charge in [-0.1, -0.05) is 166 Å². The summed E-state index contributed by atoms with van der Waals surface area (Å²) < 4.78 is 0. The molecule has 0 nitrogen and oxygen atoms in total. The highest BCUT2D eigenvalue weighted by molar-refractivity contribution is 8.00. The Balaban J connectivity index is 1.83. The fraction of sp³-hybridized carbons (Fsp3) is 0.895. The van der Waals surface area contributed by atoms with Crippen LogP contribution in [0.3, 0.4) is 0 Å². The molecule has 0 aromatic heterocycles. The van der Waals surface area contributed by atoms with Gasteiger partial charge in [0.2, 0.25) is 0 Å². The summed E-state index contributed by atoms with van der Waals surface area (Å²) in [7, 11) is 0. The molecule has 0 amide bonds. The van der Waals surface area contributed by atoms with Gasteiger partial charge in [-0.15, -0.1) is 11.8 Å². The molecule has 0 N–H and O–H groups in total. The van der Waals surface area contributed by atoms with Crippen LogP contribution in [-0.4, -0.2) is 10.5 Å². The van der Waals surface area contributed by atoms with Crippen LogP contribution in [0.2, 0.25) is 0 Å². The van der Waals surface area contributed by atoms with Gasteiger partial charge in [0.1, 0.15) is 0 Å². The van der Waals surface area contributed by atoms with Crippen molar-refractivity contribution in [3.63, 3.8) is 0 Å². The first-order chi connectivity index (χ1) is 19.3. The molecule has 0 saturated heterocycles. The van der Waals surface area contributed by atoms with E-state index in [2.05, 4.69) is 37.8 Å². The van der Waals surface area contributed by atoms with Crippen LogP contribution in [0.1, 0.15) is 206 Å². The lowest BCUT2D eigenvalue weighted by Gasteiger charge is -2.24. The van der Waals surface area contributed by atoms with Crippen LogP contribution in [0.15, 0.2) is 23.3 Å². The molecule has 0 spiro atoms. The van der Waals surface area contributed by atoms with Crippen molar-refractivity contribution in [2.45, 2.75) is 217 Å². The maximum absolute atomic E-state index is 2.79. The minimum absolute atomic E-state index is 0.756. The molecule has 2 atom stereocenters. The number of hydrogen-bond donors (Lipinski definition) is 0. The quantitative estimate of drug-likeness (QED) is 0.0838. The molecule has 0 bridgehead atoms. The zero-order chi connectivity index (χ0) is 27.6. The van der Waals surface area contributed by atoms with Gasteiger partial charge in [-0.25, -0.2) is 0 Å². The average molecular weight is 559 g/mol. The second-order valence-electron chi connectivity index (χ2n) is 13.2. The average Bonchev–Trinajstić information content (AvgIpc) is 2.96. The second kappa shape index (κ2) is 25.5. The minimum atomic E-state index is 0.756. The van der Waals surface area contributed by atoms with Gasteiger partial charge < -0.3 is 0 Å². The van der Waals surface area contributed by atoms with Crippen LogP contribution in [0.5, 0.6) is 0 Å². The lowest BCUT2D eigenvalue weighted by Crippen LogP contribution is -2.11. The zero-order valence-electron chi connectivity index (χ0n) is 26.9. The Bertz CT molecular complexity index is 534. The number of rotatable bonds is 24. The van der Waals surface area contributed by atoms with Gasteiger partial charge >= 0.3 is 0 Å². The van der Waals surface area contributed by atoms with Crippen LogP contribution in [0.25, 0.3) is 0 Å². The summed E-state index contributed by atoms with van der Waals surface area (Å²) in [5.74, 6) is 0. The first kappa shape index (κ1) is 35.0. The molecule has 0 aromatic carbocycles. The third-order valence-electron chi connectivity index (χ3n) is 9.37. The van der Waals surface area contributed by atoms with Crippen molar-refractivity contribution in [1.82, 2.24) is 0 Å². The van der Waals surface area contributed by atoms with E-state index in [9.17, 15) is 0 Å². The van der Waals surface area contributed by atoms with E-state index in [1.807, 2.05) is 11.1 Å². The van der Waals surface area contributed by atoms with Gasteiger partial charge in [0, 0.05) is 10.5 Å². The standard InChI is InChI=1S/C38H70S/c1-3-5-7-9-11-13-15-17-25-31-37(33-35-27-21-19-22-28-35)39-38(34-36-29-23-20-24-30-36)32-26-18-16-14-12-10-8-6-4-2/h33-34,37-38H,3-32H2,1-2H3. The van der Waals surface area contributed by atoms with Gasteiger partial charge in [-0.3, -0.25) is 0 Å². The summed E-state index contributed by atoms with van der Waals surface area (Å²) in [6.45, 7) is 4.65. The summed E-state index contributed by atoms with van der Waals surface area (Å²) in [5.41, 5.74) is 3.61. The fourth-order valence-electron chi connectivity index (χ4n) is 6.79. The predicted molar refractivity (Wildman–Crippen MR) is 181 cm³/mol. The molecule has 39 heavy (non-hydrogen) atoms. The molecule has 2 aliphatic carbocycles. The highest BCUT2D eigenvalue weighted by Crippen LogP contribution is 2.34. The largest absolute Gasteiger partial charge is 0.147 e. The van der Waals surface area contributed by atoms with Gasteiger partial charge in [0.15, 0.2) is 0 Å². The SMILES string of the molecule is CCCCCCCCCCCC(C=C1CCCCC1)SC(C=C1CCCCC1)CCCCCCCCCCC. The van der Waals surface area contributed by atoms with E-state index < -0.39 is 0 Å². The predicted octanol–water partition coefficient (Wildman–Crippen LogP) is 14.1. The second-order valence-corrected chi connectivity index (χ2v) is 14.7. The summed E-state index contributed by atoms with van der Waals surface area (Å²) in [6.07, 6.45) is 48.7. The minimum Gasteiger partial charge on any atom is -0.147 e. The lowest BCUT2D eigenvalue weighted by molar-refractivity contribution is 0.554. The molecule has 0 heterocycles. The Morgan fingerprint density at radius 1 is 0.436 bits per heavy atom. The van der Waals surface area contributed by atoms with E-state index in [1.54, 1.807) is 0 Å².